The third-order valence-electron chi connectivity index (χ3n) is 2.95. The Balaban J connectivity index is 2.21. The van der Waals surface area contributed by atoms with Gasteiger partial charge in [0.05, 0.1) is 24.5 Å². The second-order valence-corrected chi connectivity index (χ2v) is 4.61. The van der Waals surface area contributed by atoms with E-state index in [1.165, 1.54) is 6.07 Å². The van der Waals surface area contributed by atoms with Gasteiger partial charge in [-0.15, -0.1) is 0 Å². The molecule has 0 aromatic heterocycles. The molecule has 0 spiro atoms. The van der Waals surface area contributed by atoms with Gasteiger partial charge in [0.2, 0.25) is 0 Å². The number of aliphatic hydroxyl groups is 1. The van der Waals surface area contributed by atoms with Crippen LogP contribution in [-0.2, 0) is 11.3 Å². The molecule has 94 valence electrons. The zero-order valence-electron chi connectivity index (χ0n) is 10.2. The van der Waals surface area contributed by atoms with E-state index < -0.39 is 0 Å². The fraction of sp³-hybridized carbons (Fsp3) is 0.538. The predicted octanol–water partition coefficient (Wildman–Crippen LogP) is 1.93. The third-order valence-corrected chi connectivity index (χ3v) is 2.95. The minimum atomic E-state index is -0.280. The zero-order chi connectivity index (χ0) is 12.4. The normalized spacial score (nSPS) is 25.1. The van der Waals surface area contributed by atoms with Crippen LogP contribution in [-0.4, -0.2) is 30.4 Å². The lowest BCUT2D eigenvalue weighted by Crippen LogP contribution is -2.45. The molecule has 1 aromatic rings. The highest BCUT2D eigenvalue weighted by atomic mass is 19.1. The summed E-state index contributed by atoms with van der Waals surface area (Å²) in [6, 6.07) is 4.87. The summed E-state index contributed by atoms with van der Waals surface area (Å²) in [7, 11) is 0. The highest BCUT2D eigenvalue weighted by molar-refractivity contribution is 5.49. The molecule has 1 saturated heterocycles. The largest absolute Gasteiger partial charge is 0.392 e. The van der Waals surface area contributed by atoms with Crippen molar-refractivity contribution in [2.24, 2.45) is 0 Å². The number of benzene rings is 1. The molecule has 4 heteroatoms. The molecule has 1 heterocycles. The molecule has 1 aliphatic heterocycles. The molecule has 2 atom stereocenters. The van der Waals surface area contributed by atoms with Crippen molar-refractivity contribution < 1.29 is 14.2 Å². The van der Waals surface area contributed by atoms with Crippen LogP contribution in [0.3, 0.4) is 0 Å². The smallest absolute Gasteiger partial charge is 0.146 e. The Hall–Kier alpha value is -1.13. The van der Waals surface area contributed by atoms with Crippen molar-refractivity contribution >= 4 is 5.69 Å². The molecular formula is C13H18FNO2. The van der Waals surface area contributed by atoms with Crippen molar-refractivity contribution in [3.05, 3.63) is 29.6 Å². The number of rotatable bonds is 2. The topological polar surface area (TPSA) is 32.7 Å². The fourth-order valence-corrected chi connectivity index (χ4v) is 2.28. The van der Waals surface area contributed by atoms with Crippen molar-refractivity contribution in [2.45, 2.75) is 32.7 Å². The van der Waals surface area contributed by atoms with Crippen LogP contribution in [0.15, 0.2) is 18.2 Å². The Kier molecular flexibility index (Phi) is 3.64. The van der Waals surface area contributed by atoms with Crippen LogP contribution in [0.4, 0.5) is 10.1 Å². The number of ether oxygens (including phenoxy) is 1. The van der Waals surface area contributed by atoms with Gasteiger partial charge in [-0.1, -0.05) is 6.07 Å². The molecule has 1 N–H and O–H groups in total. The Bertz CT molecular complexity index is 387. The van der Waals surface area contributed by atoms with E-state index in [0.29, 0.717) is 24.3 Å². The van der Waals surface area contributed by atoms with Crippen LogP contribution in [0.5, 0.6) is 0 Å². The van der Waals surface area contributed by atoms with E-state index in [0.717, 1.165) is 0 Å². The lowest BCUT2D eigenvalue weighted by Gasteiger charge is -2.37. The first-order chi connectivity index (χ1) is 8.10. The Labute approximate surface area is 101 Å². The van der Waals surface area contributed by atoms with Crippen molar-refractivity contribution in [2.75, 3.05) is 18.0 Å². The monoisotopic (exact) mass is 239 g/mol. The molecular weight excluding hydrogens is 221 g/mol. The number of anilines is 1. The molecule has 0 aliphatic carbocycles. The molecule has 0 bridgehead atoms. The van der Waals surface area contributed by atoms with Gasteiger partial charge in [-0.2, -0.15) is 0 Å². The summed E-state index contributed by atoms with van der Waals surface area (Å²) in [5.74, 6) is -0.280. The molecule has 2 rings (SSSR count). The van der Waals surface area contributed by atoms with E-state index in [1.807, 2.05) is 18.7 Å². The maximum absolute atomic E-state index is 13.9. The number of aliphatic hydroxyl groups excluding tert-OH is 1. The number of nitrogens with zero attached hydrogens (tertiary/aromatic N) is 1. The summed E-state index contributed by atoms with van der Waals surface area (Å²) in [6.45, 7) is 5.23. The molecule has 3 nitrogen and oxygen atoms in total. The van der Waals surface area contributed by atoms with Crippen LogP contribution in [0, 0.1) is 5.82 Å². The minimum Gasteiger partial charge on any atom is -0.392 e. The molecule has 1 fully saturated rings. The highest BCUT2D eigenvalue weighted by Crippen LogP contribution is 2.24. The second-order valence-electron chi connectivity index (χ2n) is 4.61. The first-order valence-corrected chi connectivity index (χ1v) is 5.90. The summed E-state index contributed by atoms with van der Waals surface area (Å²) >= 11 is 0. The Morgan fingerprint density at radius 1 is 1.35 bits per heavy atom. The van der Waals surface area contributed by atoms with Crippen LogP contribution in [0.1, 0.15) is 19.4 Å². The lowest BCUT2D eigenvalue weighted by molar-refractivity contribution is -0.00539. The maximum Gasteiger partial charge on any atom is 0.146 e. The summed E-state index contributed by atoms with van der Waals surface area (Å²) < 4.78 is 19.5. The van der Waals surface area contributed by atoms with E-state index in [-0.39, 0.29) is 24.6 Å². The summed E-state index contributed by atoms with van der Waals surface area (Å²) in [5, 5.41) is 8.95. The SMILES string of the molecule is CC1CN(c2ccc(CO)cc2F)CC(C)O1. The number of hydrogen-bond acceptors (Lipinski definition) is 3. The molecule has 0 radical (unpaired) electrons. The van der Waals surface area contributed by atoms with Gasteiger partial charge in [-0.05, 0) is 31.5 Å². The molecule has 2 unspecified atom stereocenters. The van der Waals surface area contributed by atoms with Gasteiger partial charge in [0.25, 0.3) is 0 Å². The van der Waals surface area contributed by atoms with Gasteiger partial charge in [0.1, 0.15) is 5.82 Å². The minimum absolute atomic E-state index is 0.107. The van der Waals surface area contributed by atoms with Crippen LogP contribution in [0.25, 0.3) is 0 Å². The van der Waals surface area contributed by atoms with Gasteiger partial charge in [0, 0.05) is 13.1 Å². The second kappa shape index (κ2) is 5.02. The first kappa shape index (κ1) is 12.3. The van der Waals surface area contributed by atoms with E-state index >= 15 is 0 Å². The van der Waals surface area contributed by atoms with E-state index in [2.05, 4.69) is 0 Å². The maximum atomic E-state index is 13.9. The lowest BCUT2D eigenvalue weighted by atomic mass is 10.1. The van der Waals surface area contributed by atoms with E-state index in [4.69, 9.17) is 9.84 Å². The highest BCUT2D eigenvalue weighted by Gasteiger charge is 2.24. The van der Waals surface area contributed by atoms with E-state index in [1.54, 1.807) is 12.1 Å². The molecule has 0 saturated carbocycles. The van der Waals surface area contributed by atoms with Gasteiger partial charge >= 0.3 is 0 Å². The number of morpholine rings is 1. The molecule has 0 amide bonds. The van der Waals surface area contributed by atoms with Crippen molar-refractivity contribution in [3.63, 3.8) is 0 Å². The summed E-state index contributed by atoms with van der Waals surface area (Å²) in [5.41, 5.74) is 1.19. The van der Waals surface area contributed by atoms with Gasteiger partial charge in [-0.3, -0.25) is 0 Å². The van der Waals surface area contributed by atoms with Crippen molar-refractivity contribution in [3.8, 4) is 0 Å². The van der Waals surface area contributed by atoms with Gasteiger partial charge in [-0.25, -0.2) is 4.39 Å². The van der Waals surface area contributed by atoms with Crippen LogP contribution < -0.4 is 4.90 Å². The average molecular weight is 239 g/mol. The van der Waals surface area contributed by atoms with Crippen molar-refractivity contribution in [1.29, 1.82) is 0 Å². The predicted molar refractivity (Wildman–Crippen MR) is 64.5 cm³/mol. The van der Waals surface area contributed by atoms with Gasteiger partial charge < -0.3 is 14.7 Å². The average Bonchev–Trinajstić information content (AvgIpc) is 2.27. The van der Waals surface area contributed by atoms with Crippen LogP contribution in [0.2, 0.25) is 0 Å². The zero-order valence-corrected chi connectivity index (χ0v) is 10.2. The first-order valence-electron chi connectivity index (χ1n) is 5.90. The van der Waals surface area contributed by atoms with Gasteiger partial charge in [0.15, 0.2) is 0 Å². The van der Waals surface area contributed by atoms with Crippen molar-refractivity contribution in [1.82, 2.24) is 0 Å². The third kappa shape index (κ3) is 2.76. The molecule has 1 aliphatic rings. The standard InChI is InChI=1S/C13H18FNO2/c1-9-6-15(7-10(2)17-9)13-4-3-11(8-16)5-12(13)14/h3-5,9-10,16H,6-8H2,1-2H3. The Morgan fingerprint density at radius 3 is 2.53 bits per heavy atom. The summed E-state index contributed by atoms with van der Waals surface area (Å²) in [6.07, 6.45) is 0.214. The van der Waals surface area contributed by atoms with E-state index in [9.17, 15) is 4.39 Å². The molecule has 17 heavy (non-hydrogen) atoms. The quantitative estimate of drug-likeness (QED) is 0.856. The number of hydrogen-bond donors (Lipinski definition) is 1. The summed E-state index contributed by atoms with van der Waals surface area (Å²) in [4.78, 5) is 2.00. The fourth-order valence-electron chi connectivity index (χ4n) is 2.28. The molecule has 1 aromatic carbocycles. The number of halogens is 1. The van der Waals surface area contributed by atoms with Crippen LogP contribution >= 0.6 is 0 Å². The Morgan fingerprint density at radius 2 is 2.00 bits per heavy atom.